The summed E-state index contributed by atoms with van der Waals surface area (Å²) in [6.45, 7) is 4.85. The van der Waals surface area contributed by atoms with Gasteiger partial charge in [0.1, 0.15) is 4.90 Å². The van der Waals surface area contributed by atoms with Crippen LogP contribution in [0.25, 0.3) is 0 Å². The van der Waals surface area contributed by atoms with E-state index in [0.717, 1.165) is 12.8 Å². The fraction of sp³-hybridized carbons (Fsp3) is 0.500. The van der Waals surface area contributed by atoms with E-state index in [1.807, 2.05) is 13.8 Å². The van der Waals surface area contributed by atoms with Crippen LogP contribution >= 0.6 is 23.2 Å². The first kappa shape index (κ1) is 15.8. The van der Waals surface area contributed by atoms with Crippen molar-refractivity contribution in [2.24, 2.45) is 0 Å². The zero-order chi connectivity index (χ0) is 13.8. The van der Waals surface area contributed by atoms with Crippen LogP contribution in [0.2, 0.25) is 10.0 Å². The molecule has 0 fully saturated rings. The predicted octanol–water partition coefficient (Wildman–Crippen LogP) is 3.80. The molecule has 0 aromatic heterocycles. The van der Waals surface area contributed by atoms with Crippen molar-refractivity contribution in [2.45, 2.75) is 31.6 Å². The van der Waals surface area contributed by atoms with Crippen molar-refractivity contribution in [1.29, 1.82) is 0 Å². The van der Waals surface area contributed by atoms with Crippen molar-refractivity contribution in [3.63, 3.8) is 0 Å². The lowest BCUT2D eigenvalue weighted by Crippen LogP contribution is -2.32. The molecule has 0 aliphatic rings. The Morgan fingerprint density at radius 3 is 2.17 bits per heavy atom. The second-order valence-electron chi connectivity index (χ2n) is 3.96. The zero-order valence-electron chi connectivity index (χ0n) is 10.5. The molecule has 1 aromatic rings. The fourth-order valence-corrected chi connectivity index (χ4v) is 4.03. The number of hydrogen-bond acceptors (Lipinski definition) is 2. The minimum atomic E-state index is -3.56. The van der Waals surface area contributed by atoms with Gasteiger partial charge in [0.25, 0.3) is 0 Å². The van der Waals surface area contributed by atoms with Gasteiger partial charge in [0.05, 0.1) is 10.0 Å². The molecule has 0 aliphatic heterocycles. The SMILES string of the molecule is CCCN(CCC)S(=O)(=O)c1cccc(Cl)c1Cl. The number of hydrogen-bond donors (Lipinski definition) is 0. The van der Waals surface area contributed by atoms with Gasteiger partial charge in [0, 0.05) is 13.1 Å². The average Bonchev–Trinajstić information content (AvgIpc) is 2.32. The molecule has 0 atom stereocenters. The molecule has 0 bridgehead atoms. The van der Waals surface area contributed by atoms with Crippen molar-refractivity contribution >= 4 is 33.2 Å². The van der Waals surface area contributed by atoms with E-state index in [9.17, 15) is 8.42 Å². The zero-order valence-corrected chi connectivity index (χ0v) is 12.8. The van der Waals surface area contributed by atoms with E-state index in [1.54, 1.807) is 12.1 Å². The Hall–Kier alpha value is -0.290. The minimum absolute atomic E-state index is 0.0820. The first-order valence-electron chi connectivity index (χ1n) is 5.89. The van der Waals surface area contributed by atoms with Gasteiger partial charge in [-0.15, -0.1) is 0 Å². The molecule has 0 saturated heterocycles. The molecule has 0 saturated carbocycles. The van der Waals surface area contributed by atoms with E-state index in [2.05, 4.69) is 0 Å². The Balaban J connectivity index is 3.22. The molecule has 0 N–H and O–H groups in total. The standard InChI is InChI=1S/C12H17Cl2NO2S/c1-3-8-15(9-4-2)18(16,17)11-7-5-6-10(13)12(11)14/h5-7H,3-4,8-9H2,1-2H3. The van der Waals surface area contributed by atoms with Gasteiger partial charge in [0.2, 0.25) is 10.0 Å². The summed E-state index contributed by atoms with van der Waals surface area (Å²) in [5, 5.41) is 0.349. The van der Waals surface area contributed by atoms with Gasteiger partial charge < -0.3 is 0 Å². The summed E-state index contributed by atoms with van der Waals surface area (Å²) in [5.41, 5.74) is 0. The molecule has 1 rings (SSSR count). The van der Waals surface area contributed by atoms with E-state index < -0.39 is 10.0 Å². The second-order valence-corrected chi connectivity index (χ2v) is 6.65. The number of nitrogens with zero attached hydrogens (tertiary/aromatic N) is 1. The fourth-order valence-electron chi connectivity index (χ4n) is 1.67. The molecule has 1 aromatic carbocycles. The van der Waals surface area contributed by atoms with Crippen molar-refractivity contribution in [1.82, 2.24) is 4.31 Å². The van der Waals surface area contributed by atoms with Crippen LogP contribution in [0.3, 0.4) is 0 Å². The summed E-state index contributed by atoms with van der Waals surface area (Å²) < 4.78 is 26.4. The van der Waals surface area contributed by atoms with Crippen molar-refractivity contribution in [3.05, 3.63) is 28.2 Å². The molecule has 6 heteroatoms. The van der Waals surface area contributed by atoms with E-state index in [4.69, 9.17) is 23.2 Å². The molecule has 0 radical (unpaired) electrons. The third kappa shape index (κ3) is 3.38. The van der Waals surface area contributed by atoms with Crippen LogP contribution in [0.4, 0.5) is 0 Å². The van der Waals surface area contributed by atoms with Crippen LogP contribution in [0, 0.1) is 0 Å². The van der Waals surface area contributed by atoms with Crippen LogP contribution in [-0.4, -0.2) is 25.8 Å². The largest absolute Gasteiger partial charge is 0.244 e. The first-order valence-corrected chi connectivity index (χ1v) is 8.08. The van der Waals surface area contributed by atoms with Gasteiger partial charge >= 0.3 is 0 Å². The van der Waals surface area contributed by atoms with Crippen molar-refractivity contribution in [2.75, 3.05) is 13.1 Å². The van der Waals surface area contributed by atoms with Gasteiger partial charge in [-0.1, -0.05) is 43.1 Å². The number of sulfonamides is 1. The third-order valence-electron chi connectivity index (χ3n) is 2.48. The Labute approximate surface area is 119 Å². The lowest BCUT2D eigenvalue weighted by Gasteiger charge is -2.21. The Morgan fingerprint density at radius 2 is 1.67 bits per heavy atom. The van der Waals surface area contributed by atoms with Gasteiger partial charge in [0.15, 0.2) is 0 Å². The van der Waals surface area contributed by atoms with E-state index in [0.29, 0.717) is 13.1 Å². The molecule has 0 amide bonds. The molecular formula is C12H17Cl2NO2S. The predicted molar refractivity (Wildman–Crippen MR) is 75.8 cm³/mol. The summed E-state index contributed by atoms with van der Waals surface area (Å²) in [6.07, 6.45) is 1.52. The van der Waals surface area contributed by atoms with Crippen molar-refractivity contribution in [3.8, 4) is 0 Å². The molecular weight excluding hydrogens is 293 g/mol. The molecule has 18 heavy (non-hydrogen) atoms. The summed E-state index contributed by atoms with van der Waals surface area (Å²) in [4.78, 5) is 0.0820. The molecule has 0 heterocycles. The lowest BCUT2D eigenvalue weighted by molar-refractivity contribution is 0.410. The van der Waals surface area contributed by atoms with Gasteiger partial charge in [-0.3, -0.25) is 0 Å². The van der Waals surface area contributed by atoms with Crippen LogP contribution in [0.15, 0.2) is 23.1 Å². The number of benzene rings is 1. The molecule has 102 valence electrons. The Morgan fingerprint density at radius 1 is 1.11 bits per heavy atom. The highest BCUT2D eigenvalue weighted by Gasteiger charge is 2.26. The number of halogens is 2. The summed E-state index contributed by atoms with van der Waals surface area (Å²) >= 11 is 11.8. The molecule has 0 spiro atoms. The molecule has 0 aliphatic carbocycles. The highest BCUT2D eigenvalue weighted by molar-refractivity contribution is 7.89. The maximum Gasteiger partial charge on any atom is 0.244 e. The van der Waals surface area contributed by atoms with Crippen LogP contribution < -0.4 is 0 Å². The highest BCUT2D eigenvalue weighted by Crippen LogP contribution is 2.30. The van der Waals surface area contributed by atoms with E-state index in [-0.39, 0.29) is 14.9 Å². The Kier molecular flexibility index (Phi) is 5.92. The van der Waals surface area contributed by atoms with Gasteiger partial charge in [-0.05, 0) is 25.0 Å². The van der Waals surface area contributed by atoms with E-state index in [1.165, 1.54) is 10.4 Å². The third-order valence-corrected chi connectivity index (χ3v) is 5.35. The van der Waals surface area contributed by atoms with Crippen LogP contribution in [-0.2, 0) is 10.0 Å². The maximum absolute atomic E-state index is 12.5. The van der Waals surface area contributed by atoms with Gasteiger partial charge in [-0.25, -0.2) is 8.42 Å². The van der Waals surface area contributed by atoms with Crippen molar-refractivity contribution < 1.29 is 8.42 Å². The summed E-state index contributed by atoms with van der Waals surface area (Å²) in [7, 11) is -3.56. The normalized spacial score (nSPS) is 12.1. The Bertz CT molecular complexity index is 497. The van der Waals surface area contributed by atoms with Crippen LogP contribution in [0.5, 0.6) is 0 Å². The first-order chi connectivity index (χ1) is 8.45. The smallest absolute Gasteiger partial charge is 0.207 e. The van der Waals surface area contributed by atoms with Gasteiger partial charge in [-0.2, -0.15) is 4.31 Å². The monoisotopic (exact) mass is 309 g/mol. The maximum atomic E-state index is 12.5. The van der Waals surface area contributed by atoms with Crippen LogP contribution in [0.1, 0.15) is 26.7 Å². The highest BCUT2D eigenvalue weighted by atomic mass is 35.5. The second kappa shape index (κ2) is 6.75. The summed E-state index contributed by atoms with van der Waals surface area (Å²) in [5.74, 6) is 0. The quantitative estimate of drug-likeness (QED) is 0.801. The molecule has 3 nitrogen and oxygen atoms in total. The topological polar surface area (TPSA) is 37.4 Å². The lowest BCUT2D eigenvalue weighted by atomic mass is 10.4. The van der Waals surface area contributed by atoms with E-state index >= 15 is 0 Å². The molecule has 0 unspecified atom stereocenters. The number of rotatable bonds is 6. The summed E-state index contributed by atoms with van der Waals surface area (Å²) in [6, 6.07) is 4.66. The minimum Gasteiger partial charge on any atom is -0.207 e. The average molecular weight is 310 g/mol.